The third-order valence-electron chi connectivity index (χ3n) is 2.89. The van der Waals surface area contributed by atoms with Crippen LogP contribution < -0.4 is 0 Å². The van der Waals surface area contributed by atoms with Crippen LogP contribution in [0.15, 0.2) is 42.9 Å². The SMILES string of the molecule is CCCCCc1ccccn1.O=[N+]([O-])c1cncc([N+](=O)[O-])c1. The van der Waals surface area contributed by atoms with E-state index in [-0.39, 0.29) is 11.4 Å². The second kappa shape index (κ2) is 9.93. The Morgan fingerprint density at radius 2 is 1.70 bits per heavy atom. The first-order valence-corrected chi connectivity index (χ1v) is 7.18. The molecule has 0 saturated heterocycles. The minimum absolute atomic E-state index is 0.385. The maximum absolute atomic E-state index is 10.1. The molecule has 0 saturated carbocycles. The van der Waals surface area contributed by atoms with Crippen LogP contribution in [0.2, 0.25) is 0 Å². The van der Waals surface area contributed by atoms with Crippen molar-refractivity contribution in [2.75, 3.05) is 0 Å². The number of hydrogen-bond donors (Lipinski definition) is 0. The molecule has 2 aromatic rings. The molecule has 0 fully saturated rings. The van der Waals surface area contributed by atoms with Crippen molar-refractivity contribution in [3.63, 3.8) is 0 Å². The van der Waals surface area contributed by atoms with E-state index in [0.717, 1.165) is 24.9 Å². The van der Waals surface area contributed by atoms with Gasteiger partial charge in [0.2, 0.25) is 0 Å². The lowest BCUT2D eigenvalue weighted by Gasteiger charge is -1.97. The maximum atomic E-state index is 10.1. The lowest BCUT2D eigenvalue weighted by molar-refractivity contribution is -0.394. The molecule has 122 valence electrons. The standard InChI is InChI=1S/C10H15N.C5H3N3O4/c1-2-3-4-7-10-8-5-6-9-11-10;9-7(10)4-1-5(8(11)12)3-6-2-4/h5-6,8-9H,2-4,7H2,1H3;1-3H. The zero-order valence-electron chi connectivity index (χ0n) is 12.8. The predicted octanol–water partition coefficient (Wildman–Crippen LogP) is 3.71. The maximum Gasteiger partial charge on any atom is 0.294 e. The van der Waals surface area contributed by atoms with Gasteiger partial charge in [-0.25, -0.2) is 0 Å². The number of unbranched alkanes of at least 4 members (excludes halogenated alkanes) is 2. The summed E-state index contributed by atoms with van der Waals surface area (Å²) >= 11 is 0. The molecule has 0 radical (unpaired) electrons. The summed E-state index contributed by atoms with van der Waals surface area (Å²) < 4.78 is 0. The van der Waals surface area contributed by atoms with Crippen molar-refractivity contribution >= 4 is 11.4 Å². The lowest BCUT2D eigenvalue weighted by Crippen LogP contribution is -1.93. The number of hydrogen-bond acceptors (Lipinski definition) is 6. The molecular formula is C15H18N4O4. The van der Waals surface area contributed by atoms with Gasteiger partial charge in [0.15, 0.2) is 0 Å². The van der Waals surface area contributed by atoms with Crippen LogP contribution in [0.25, 0.3) is 0 Å². The highest BCUT2D eigenvalue weighted by Crippen LogP contribution is 2.16. The molecule has 8 heteroatoms. The van der Waals surface area contributed by atoms with Gasteiger partial charge in [-0.1, -0.05) is 25.8 Å². The van der Waals surface area contributed by atoms with E-state index in [1.165, 1.54) is 25.0 Å². The second-order valence-electron chi connectivity index (χ2n) is 4.69. The van der Waals surface area contributed by atoms with Gasteiger partial charge < -0.3 is 0 Å². The van der Waals surface area contributed by atoms with Crippen LogP contribution in [0.1, 0.15) is 31.9 Å². The van der Waals surface area contributed by atoms with Crippen LogP contribution >= 0.6 is 0 Å². The number of nitrogens with zero attached hydrogens (tertiary/aromatic N) is 4. The molecule has 8 nitrogen and oxygen atoms in total. The van der Waals surface area contributed by atoms with Gasteiger partial charge in [0, 0.05) is 11.9 Å². The average Bonchev–Trinajstić information content (AvgIpc) is 2.57. The van der Waals surface area contributed by atoms with Crippen LogP contribution in [0.5, 0.6) is 0 Å². The van der Waals surface area contributed by atoms with E-state index in [0.29, 0.717) is 0 Å². The molecule has 0 amide bonds. The monoisotopic (exact) mass is 318 g/mol. The van der Waals surface area contributed by atoms with Crippen LogP contribution in [0.4, 0.5) is 11.4 Å². The van der Waals surface area contributed by atoms with E-state index in [4.69, 9.17) is 0 Å². The summed E-state index contributed by atoms with van der Waals surface area (Å²) in [7, 11) is 0. The van der Waals surface area contributed by atoms with Crippen molar-refractivity contribution in [1.82, 2.24) is 9.97 Å². The second-order valence-corrected chi connectivity index (χ2v) is 4.69. The van der Waals surface area contributed by atoms with Crippen LogP contribution in [-0.2, 0) is 6.42 Å². The number of pyridine rings is 2. The average molecular weight is 318 g/mol. The molecule has 0 N–H and O–H groups in total. The molecule has 2 aromatic heterocycles. The summed E-state index contributed by atoms with van der Waals surface area (Å²) in [6.45, 7) is 2.22. The summed E-state index contributed by atoms with van der Waals surface area (Å²) in [4.78, 5) is 26.4. The normalized spacial score (nSPS) is 9.61. The zero-order valence-corrected chi connectivity index (χ0v) is 12.8. The first-order chi connectivity index (χ1) is 11.0. The smallest absolute Gasteiger partial charge is 0.261 e. The Hall–Kier alpha value is -2.90. The number of nitro groups is 2. The molecule has 0 aliphatic rings. The number of aromatic nitrogens is 2. The highest BCUT2D eigenvalue weighted by Gasteiger charge is 2.12. The van der Waals surface area contributed by atoms with Gasteiger partial charge in [0.1, 0.15) is 12.4 Å². The quantitative estimate of drug-likeness (QED) is 0.456. The largest absolute Gasteiger partial charge is 0.294 e. The Morgan fingerprint density at radius 3 is 2.17 bits per heavy atom. The molecule has 0 atom stereocenters. The van der Waals surface area contributed by atoms with Crippen molar-refractivity contribution in [2.45, 2.75) is 32.6 Å². The fraction of sp³-hybridized carbons (Fsp3) is 0.333. The van der Waals surface area contributed by atoms with E-state index in [1.807, 2.05) is 18.3 Å². The Bertz CT molecular complexity index is 605. The van der Waals surface area contributed by atoms with Crippen molar-refractivity contribution in [1.29, 1.82) is 0 Å². The lowest BCUT2D eigenvalue weighted by atomic mass is 10.1. The molecule has 0 aliphatic carbocycles. The van der Waals surface area contributed by atoms with Crippen molar-refractivity contribution < 1.29 is 9.85 Å². The topological polar surface area (TPSA) is 112 Å². The van der Waals surface area contributed by atoms with Crippen LogP contribution in [0, 0.1) is 20.2 Å². The molecular weight excluding hydrogens is 300 g/mol. The van der Waals surface area contributed by atoms with Gasteiger partial charge in [0.25, 0.3) is 11.4 Å². The Morgan fingerprint density at radius 1 is 1.04 bits per heavy atom. The van der Waals surface area contributed by atoms with Gasteiger partial charge in [0.05, 0.1) is 15.9 Å². The summed E-state index contributed by atoms with van der Waals surface area (Å²) in [6.07, 6.45) is 8.77. The molecule has 23 heavy (non-hydrogen) atoms. The fourth-order valence-corrected chi connectivity index (χ4v) is 1.72. The summed E-state index contributed by atoms with van der Waals surface area (Å²) in [6, 6.07) is 6.96. The molecule has 0 aliphatic heterocycles. The summed E-state index contributed by atoms with van der Waals surface area (Å²) in [5.41, 5.74) is 0.453. The van der Waals surface area contributed by atoms with E-state index in [2.05, 4.69) is 23.0 Å². The van der Waals surface area contributed by atoms with Gasteiger partial charge >= 0.3 is 0 Å². The summed E-state index contributed by atoms with van der Waals surface area (Å²) in [5, 5.41) is 20.2. The van der Waals surface area contributed by atoms with Crippen LogP contribution in [0.3, 0.4) is 0 Å². The Labute approximate surface area is 133 Å². The molecule has 0 bridgehead atoms. The summed E-state index contributed by atoms with van der Waals surface area (Å²) in [5.74, 6) is 0. The first kappa shape index (κ1) is 18.1. The van der Waals surface area contributed by atoms with Gasteiger partial charge in [-0.2, -0.15) is 0 Å². The van der Waals surface area contributed by atoms with E-state index in [1.54, 1.807) is 0 Å². The third-order valence-corrected chi connectivity index (χ3v) is 2.89. The zero-order chi connectivity index (χ0) is 17.1. The van der Waals surface area contributed by atoms with Crippen molar-refractivity contribution in [3.05, 3.63) is 68.8 Å². The van der Waals surface area contributed by atoms with E-state index < -0.39 is 9.85 Å². The Kier molecular flexibility index (Phi) is 7.84. The van der Waals surface area contributed by atoms with E-state index in [9.17, 15) is 20.2 Å². The fourth-order valence-electron chi connectivity index (χ4n) is 1.72. The van der Waals surface area contributed by atoms with Gasteiger partial charge in [-0.15, -0.1) is 0 Å². The number of aryl methyl sites for hydroxylation is 1. The third kappa shape index (κ3) is 7.07. The molecule has 0 aromatic carbocycles. The van der Waals surface area contributed by atoms with Crippen molar-refractivity contribution in [3.8, 4) is 0 Å². The highest BCUT2D eigenvalue weighted by atomic mass is 16.6. The van der Waals surface area contributed by atoms with Crippen molar-refractivity contribution in [2.24, 2.45) is 0 Å². The van der Waals surface area contributed by atoms with Gasteiger partial charge in [-0.3, -0.25) is 30.2 Å². The van der Waals surface area contributed by atoms with Gasteiger partial charge in [-0.05, 0) is 25.0 Å². The molecule has 0 spiro atoms. The molecule has 2 heterocycles. The van der Waals surface area contributed by atoms with E-state index >= 15 is 0 Å². The highest BCUT2D eigenvalue weighted by molar-refractivity contribution is 5.38. The minimum atomic E-state index is -0.736. The predicted molar refractivity (Wildman–Crippen MR) is 85.0 cm³/mol. The molecule has 0 unspecified atom stereocenters. The Balaban J connectivity index is 0.000000231. The first-order valence-electron chi connectivity index (χ1n) is 7.18. The number of rotatable bonds is 6. The molecule has 2 rings (SSSR count). The minimum Gasteiger partial charge on any atom is -0.261 e. The van der Waals surface area contributed by atoms with Crippen LogP contribution in [-0.4, -0.2) is 19.8 Å².